The van der Waals surface area contributed by atoms with Gasteiger partial charge < -0.3 is 25.0 Å². The number of carbonyl (C=O) groups is 2. The van der Waals surface area contributed by atoms with Crippen LogP contribution in [0.1, 0.15) is 16.8 Å². The van der Waals surface area contributed by atoms with Gasteiger partial charge in [0.1, 0.15) is 17.5 Å². The third-order valence-corrected chi connectivity index (χ3v) is 3.26. The molecule has 1 amide bonds. The largest absolute Gasteiger partial charge is 0.507 e. The highest BCUT2D eigenvalue weighted by atomic mass is 16.5. The van der Waals surface area contributed by atoms with Crippen LogP contribution >= 0.6 is 0 Å². The quantitative estimate of drug-likeness (QED) is 0.723. The Kier molecular flexibility index (Phi) is 3.80. The summed E-state index contributed by atoms with van der Waals surface area (Å²) in [5, 5.41) is 28.4. The molecule has 0 bridgehead atoms. The average Bonchev–Trinajstić information content (AvgIpc) is 2.80. The maximum absolute atomic E-state index is 12.3. The Morgan fingerprint density at radius 1 is 1.40 bits per heavy atom. The molecule has 1 aliphatic rings. The highest BCUT2D eigenvalue weighted by Crippen LogP contribution is 2.27. The van der Waals surface area contributed by atoms with Crippen LogP contribution in [0.25, 0.3) is 0 Å². The van der Waals surface area contributed by atoms with Gasteiger partial charge >= 0.3 is 5.97 Å². The van der Waals surface area contributed by atoms with Crippen LogP contribution < -0.4 is 4.74 Å². The number of phenolic OH excluding ortho intramolecular Hbond substituents is 1. The molecular formula is C13H15NO6. The Morgan fingerprint density at radius 3 is 2.65 bits per heavy atom. The monoisotopic (exact) mass is 281 g/mol. The number of amides is 1. The van der Waals surface area contributed by atoms with Crippen LogP contribution in [0.15, 0.2) is 18.2 Å². The van der Waals surface area contributed by atoms with Gasteiger partial charge in [-0.25, -0.2) is 4.79 Å². The average molecular weight is 281 g/mol. The predicted octanol–water partition coefficient (Wildman–Crippen LogP) is 0.0608. The summed E-state index contributed by atoms with van der Waals surface area (Å²) in [7, 11) is 1.42. The Labute approximate surface area is 115 Å². The van der Waals surface area contributed by atoms with Crippen LogP contribution in [-0.2, 0) is 4.79 Å². The molecule has 0 aromatic heterocycles. The second kappa shape index (κ2) is 5.38. The van der Waals surface area contributed by atoms with E-state index in [0.29, 0.717) is 5.75 Å². The number of methoxy groups -OCH3 is 1. The number of aromatic hydroxyl groups is 1. The number of β-amino-alcohol motifs (C(OH)–C–C–N with tert-alkyl or cyclic N) is 1. The van der Waals surface area contributed by atoms with Gasteiger partial charge in [-0.3, -0.25) is 4.79 Å². The fourth-order valence-electron chi connectivity index (χ4n) is 2.25. The van der Waals surface area contributed by atoms with Gasteiger partial charge in [-0.15, -0.1) is 0 Å². The SMILES string of the molecule is COc1ccc(C(=O)N2C[C@H](O)C[C@H]2C(=O)O)c(O)c1. The van der Waals surface area contributed by atoms with Gasteiger partial charge in [0.15, 0.2) is 0 Å². The number of rotatable bonds is 3. The predicted molar refractivity (Wildman–Crippen MR) is 67.7 cm³/mol. The van der Waals surface area contributed by atoms with E-state index in [-0.39, 0.29) is 24.3 Å². The minimum Gasteiger partial charge on any atom is -0.507 e. The van der Waals surface area contributed by atoms with Crippen LogP contribution in [0, 0.1) is 0 Å². The van der Waals surface area contributed by atoms with E-state index in [1.165, 1.54) is 25.3 Å². The van der Waals surface area contributed by atoms with E-state index in [1.54, 1.807) is 0 Å². The lowest BCUT2D eigenvalue weighted by Crippen LogP contribution is -2.40. The molecule has 1 aromatic carbocycles. The molecule has 7 nitrogen and oxygen atoms in total. The number of nitrogens with zero attached hydrogens (tertiary/aromatic N) is 1. The lowest BCUT2D eigenvalue weighted by atomic mass is 10.1. The summed E-state index contributed by atoms with van der Waals surface area (Å²) in [6.45, 7) is -0.0682. The van der Waals surface area contributed by atoms with Gasteiger partial charge in [0.2, 0.25) is 0 Å². The number of ether oxygens (including phenoxy) is 1. The van der Waals surface area contributed by atoms with E-state index in [4.69, 9.17) is 9.84 Å². The smallest absolute Gasteiger partial charge is 0.326 e. The zero-order valence-corrected chi connectivity index (χ0v) is 10.8. The molecule has 0 saturated carbocycles. The maximum Gasteiger partial charge on any atom is 0.326 e. The summed E-state index contributed by atoms with van der Waals surface area (Å²) in [4.78, 5) is 24.4. The number of aliphatic carboxylic acids is 1. The van der Waals surface area contributed by atoms with Crippen molar-refractivity contribution < 1.29 is 29.6 Å². The first kappa shape index (κ1) is 14.1. The molecule has 0 spiro atoms. The van der Waals surface area contributed by atoms with Crippen molar-refractivity contribution in [3.63, 3.8) is 0 Å². The third-order valence-electron chi connectivity index (χ3n) is 3.26. The standard InChI is InChI=1S/C13H15NO6/c1-20-8-2-3-9(11(16)5-8)12(17)14-6-7(15)4-10(14)13(18)19/h2-3,5,7,10,15-16H,4,6H2,1H3,(H,18,19)/t7-,10+/m1/s1. The van der Waals surface area contributed by atoms with Crippen LogP contribution in [0.2, 0.25) is 0 Å². The zero-order chi connectivity index (χ0) is 14.9. The maximum atomic E-state index is 12.3. The topological polar surface area (TPSA) is 107 Å². The molecule has 108 valence electrons. The van der Waals surface area contributed by atoms with Crippen molar-refractivity contribution in [2.24, 2.45) is 0 Å². The van der Waals surface area contributed by atoms with E-state index in [2.05, 4.69) is 0 Å². The first-order valence-electron chi connectivity index (χ1n) is 6.03. The van der Waals surface area contributed by atoms with Crippen molar-refractivity contribution in [3.05, 3.63) is 23.8 Å². The molecule has 2 rings (SSSR count). The molecule has 0 aliphatic carbocycles. The minimum absolute atomic E-state index is 0.0159. The normalized spacial score (nSPS) is 21.8. The van der Waals surface area contributed by atoms with E-state index in [1.807, 2.05) is 0 Å². The van der Waals surface area contributed by atoms with Crippen molar-refractivity contribution in [2.45, 2.75) is 18.6 Å². The Hall–Kier alpha value is -2.28. The minimum atomic E-state index is -1.18. The lowest BCUT2D eigenvalue weighted by molar-refractivity contribution is -0.141. The number of aliphatic hydroxyl groups is 1. The molecule has 7 heteroatoms. The van der Waals surface area contributed by atoms with E-state index in [9.17, 15) is 19.8 Å². The molecule has 1 heterocycles. The summed E-state index contributed by atoms with van der Waals surface area (Å²) >= 11 is 0. The second-order valence-corrected chi connectivity index (χ2v) is 4.58. The molecule has 0 radical (unpaired) electrons. The van der Waals surface area contributed by atoms with Gasteiger partial charge in [0.25, 0.3) is 5.91 Å². The number of likely N-dealkylation sites (tertiary alicyclic amines) is 1. The molecule has 1 aliphatic heterocycles. The summed E-state index contributed by atoms with van der Waals surface area (Å²) in [5.41, 5.74) is -0.0221. The summed E-state index contributed by atoms with van der Waals surface area (Å²) in [6, 6.07) is 3.05. The molecule has 2 atom stereocenters. The lowest BCUT2D eigenvalue weighted by Gasteiger charge is -2.21. The van der Waals surface area contributed by atoms with E-state index in [0.717, 1.165) is 4.90 Å². The number of hydrogen-bond donors (Lipinski definition) is 3. The fraction of sp³-hybridized carbons (Fsp3) is 0.385. The highest BCUT2D eigenvalue weighted by molar-refractivity contribution is 5.99. The molecule has 1 fully saturated rings. The van der Waals surface area contributed by atoms with Gasteiger partial charge in [-0.05, 0) is 12.1 Å². The Bertz CT molecular complexity index is 544. The van der Waals surface area contributed by atoms with Crippen LogP contribution in [0.5, 0.6) is 11.5 Å². The number of carboxylic acid groups (broad SMARTS) is 1. The van der Waals surface area contributed by atoms with Gasteiger partial charge in [0, 0.05) is 19.0 Å². The van der Waals surface area contributed by atoms with E-state index < -0.39 is 24.0 Å². The molecule has 1 aromatic rings. The Morgan fingerprint density at radius 2 is 2.10 bits per heavy atom. The Balaban J connectivity index is 2.29. The second-order valence-electron chi connectivity index (χ2n) is 4.58. The van der Waals surface area contributed by atoms with E-state index >= 15 is 0 Å². The summed E-state index contributed by atoms with van der Waals surface area (Å²) in [6.07, 6.45) is -0.890. The summed E-state index contributed by atoms with van der Waals surface area (Å²) in [5.74, 6) is -1.72. The van der Waals surface area contributed by atoms with Gasteiger partial charge in [0.05, 0.1) is 18.8 Å². The van der Waals surface area contributed by atoms with Crippen LogP contribution in [-0.4, -0.2) is 57.9 Å². The first-order chi connectivity index (χ1) is 9.43. The number of benzene rings is 1. The van der Waals surface area contributed by atoms with Crippen LogP contribution in [0.3, 0.4) is 0 Å². The zero-order valence-electron chi connectivity index (χ0n) is 10.8. The van der Waals surface area contributed by atoms with Crippen LogP contribution in [0.4, 0.5) is 0 Å². The molecule has 0 unspecified atom stereocenters. The molecular weight excluding hydrogens is 266 g/mol. The van der Waals surface area contributed by atoms with Crippen molar-refractivity contribution in [1.82, 2.24) is 4.90 Å². The number of phenols is 1. The number of carboxylic acids is 1. The highest BCUT2D eigenvalue weighted by Gasteiger charge is 2.39. The third kappa shape index (κ3) is 2.53. The number of carbonyl (C=O) groups excluding carboxylic acids is 1. The number of hydrogen-bond acceptors (Lipinski definition) is 5. The molecule has 20 heavy (non-hydrogen) atoms. The van der Waals surface area contributed by atoms with Crippen molar-refractivity contribution in [1.29, 1.82) is 0 Å². The fourth-order valence-corrected chi connectivity index (χ4v) is 2.25. The van der Waals surface area contributed by atoms with Crippen molar-refractivity contribution in [3.8, 4) is 11.5 Å². The van der Waals surface area contributed by atoms with Gasteiger partial charge in [-0.1, -0.05) is 0 Å². The molecule has 1 saturated heterocycles. The van der Waals surface area contributed by atoms with Crippen molar-refractivity contribution in [2.75, 3.05) is 13.7 Å². The molecule has 3 N–H and O–H groups in total. The number of aliphatic hydroxyl groups excluding tert-OH is 1. The summed E-state index contributed by atoms with van der Waals surface area (Å²) < 4.78 is 4.91. The van der Waals surface area contributed by atoms with Gasteiger partial charge in [-0.2, -0.15) is 0 Å². The first-order valence-corrected chi connectivity index (χ1v) is 6.03. The van der Waals surface area contributed by atoms with Crippen molar-refractivity contribution >= 4 is 11.9 Å².